The summed E-state index contributed by atoms with van der Waals surface area (Å²) in [6.45, 7) is 3.53. The Hall–Kier alpha value is -0.990. The lowest BCUT2D eigenvalue weighted by molar-refractivity contribution is -0.147. The Kier molecular flexibility index (Phi) is 37.0. The molecule has 0 aromatic heterocycles. The molecule has 0 aliphatic heterocycles. The lowest BCUT2D eigenvalue weighted by Crippen LogP contribution is -2.27. The van der Waals surface area contributed by atoms with E-state index in [4.69, 9.17) is 13.8 Å². The average Bonchev–Trinajstić information content (AvgIpc) is 3.10. The molecule has 9 nitrogen and oxygen atoms in total. The van der Waals surface area contributed by atoms with Crippen LogP contribution in [0.2, 0.25) is 0 Å². The lowest BCUT2D eigenvalue weighted by atomic mass is 10.0. The second-order valence-corrected chi connectivity index (χ2v) is 15.8. The first-order chi connectivity index (χ1) is 24.3. The van der Waals surface area contributed by atoms with Crippen molar-refractivity contribution in [3.8, 4) is 0 Å². The molecular formula is C40H80NO8P. The number of rotatable bonds is 40. The van der Waals surface area contributed by atoms with Gasteiger partial charge in [-0.05, 0) is 12.8 Å². The smallest absolute Gasteiger partial charge is 0.463 e. The quantitative estimate of drug-likeness (QED) is 0.0322. The van der Waals surface area contributed by atoms with E-state index in [9.17, 15) is 24.2 Å². The molecule has 50 heavy (non-hydrogen) atoms. The Morgan fingerprint density at radius 1 is 0.540 bits per heavy atom. The molecule has 0 aliphatic rings. The van der Waals surface area contributed by atoms with Crippen molar-refractivity contribution in [1.82, 2.24) is 5.32 Å². The van der Waals surface area contributed by atoms with Gasteiger partial charge in [-0.2, -0.15) is 0 Å². The maximum atomic E-state index is 12.1. The molecule has 298 valence electrons. The van der Waals surface area contributed by atoms with E-state index in [0.29, 0.717) is 6.42 Å². The Morgan fingerprint density at radius 2 is 0.900 bits per heavy atom. The number of carbonyl (C=O) groups is 2. The number of esters is 1. The fourth-order valence-corrected chi connectivity index (χ4v) is 6.84. The molecule has 3 N–H and O–H groups in total. The van der Waals surface area contributed by atoms with Gasteiger partial charge in [0, 0.05) is 19.4 Å². The summed E-state index contributed by atoms with van der Waals surface area (Å²) >= 11 is 0. The zero-order chi connectivity index (χ0) is 36.8. The predicted octanol–water partition coefficient (Wildman–Crippen LogP) is 11.3. The van der Waals surface area contributed by atoms with E-state index < -0.39 is 26.5 Å². The van der Waals surface area contributed by atoms with Crippen LogP contribution in [0.15, 0.2) is 0 Å². The zero-order valence-electron chi connectivity index (χ0n) is 32.6. The van der Waals surface area contributed by atoms with E-state index in [0.717, 1.165) is 38.5 Å². The molecule has 0 aromatic carbocycles. The normalized spacial score (nSPS) is 13.3. The van der Waals surface area contributed by atoms with Crippen LogP contribution in [-0.4, -0.2) is 54.3 Å². The van der Waals surface area contributed by atoms with Crippen LogP contribution in [0.5, 0.6) is 0 Å². The minimum Gasteiger partial charge on any atom is -0.463 e. The molecule has 0 bridgehead atoms. The summed E-state index contributed by atoms with van der Waals surface area (Å²) in [6, 6.07) is 0. The van der Waals surface area contributed by atoms with Gasteiger partial charge in [0.25, 0.3) is 0 Å². The van der Waals surface area contributed by atoms with Gasteiger partial charge in [-0.25, -0.2) is 4.57 Å². The molecular weight excluding hydrogens is 653 g/mol. The fraction of sp³-hybridized carbons (Fsp3) is 0.950. The summed E-state index contributed by atoms with van der Waals surface area (Å²) in [7, 11) is -4.40. The number of hydrogen-bond acceptors (Lipinski definition) is 7. The van der Waals surface area contributed by atoms with Crippen LogP contribution in [-0.2, 0) is 27.9 Å². The molecule has 1 amide bonds. The van der Waals surface area contributed by atoms with Gasteiger partial charge < -0.3 is 20.1 Å². The van der Waals surface area contributed by atoms with Gasteiger partial charge in [-0.3, -0.25) is 18.6 Å². The third kappa shape index (κ3) is 38.2. The highest BCUT2D eigenvalue weighted by Gasteiger charge is 2.23. The van der Waals surface area contributed by atoms with E-state index in [-0.39, 0.29) is 32.1 Å². The number of nitrogens with one attached hydrogen (secondary N) is 1. The summed E-state index contributed by atoms with van der Waals surface area (Å²) in [5.74, 6) is -0.512. The first-order valence-electron chi connectivity index (χ1n) is 21.0. The van der Waals surface area contributed by atoms with Crippen LogP contribution < -0.4 is 5.32 Å². The monoisotopic (exact) mass is 734 g/mol. The van der Waals surface area contributed by atoms with Gasteiger partial charge >= 0.3 is 13.8 Å². The zero-order valence-corrected chi connectivity index (χ0v) is 33.5. The average molecular weight is 734 g/mol. The minimum atomic E-state index is -4.40. The van der Waals surface area contributed by atoms with Crippen LogP contribution in [0.25, 0.3) is 0 Å². The molecule has 0 rings (SSSR count). The highest BCUT2D eigenvalue weighted by Crippen LogP contribution is 2.42. The second kappa shape index (κ2) is 37.8. The van der Waals surface area contributed by atoms with E-state index in [1.54, 1.807) is 0 Å². The molecule has 10 heteroatoms. The summed E-state index contributed by atoms with van der Waals surface area (Å²) in [5.41, 5.74) is 0. The van der Waals surface area contributed by atoms with Gasteiger partial charge in [-0.1, -0.05) is 187 Å². The van der Waals surface area contributed by atoms with E-state index in [1.807, 2.05) is 0 Å². The first kappa shape index (κ1) is 49.0. The van der Waals surface area contributed by atoms with Crippen molar-refractivity contribution in [2.75, 3.05) is 26.4 Å². The molecule has 0 saturated carbocycles. The van der Waals surface area contributed by atoms with Crippen LogP contribution in [0, 0.1) is 0 Å². The Labute approximate surface area is 307 Å². The molecule has 2 unspecified atom stereocenters. The van der Waals surface area contributed by atoms with E-state index in [2.05, 4.69) is 19.2 Å². The molecule has 0 aromatic rings. The molecule has 0 heterocycles. The van der Waals surface area contributed by atoms with Gasteiger partial charge in [-0.15, -0.1) is 0 Å². The Morgan fingerprint density at radius 3 is 1.30 bits per heavy atom. The molecule has 0 radical (unpaired) electrons. The van der Waals surface area contributed by atoms with E-state index >= 15 is 0 Å². The number of unbranched alkanes of at least 4 members (excludes halogenated alkanes) is 27. The molecule has 0 aliphatic carbocycles. The Bertz CT molecular complexity index is 799. The van der Waals surface area contributed by atoms with Crippen LogP contribution in [0.1, 0.15) is 213 Å². The van der Waals surface area contributed by atoms with Crippen molar-refractivity contribution in [3.63, 3.8) is 0 Å². The maximum absolute atomic E-state index is 12.1. The maximum Gasteiger partial charge on any atom is 0.472 e. The third-order valence-corrected chi connectivity index (χ3v) is 10.3. The lowest BCUT2D eigenvalue weighted by Gasteiger charge is -2.15. The molecule has 0 spiro atoms. The predicted molar refractivity (Wildman–Crippen MR) is 206 cm³/mol. The molecule has 2 atom stereocenters. The number of hydrogen-bond donors (Lipinski definition) is 3. The number of amides is 1. The number of carbonyl (C=O) groups excluding carboxylic acids is 2. The van der Waals surface area contributed by atoms with Crippen molar-refractivity contribution in [2.45, 2.75) is 219 Å². The largest absolute Gasteiger partial charge is 0.472 e. The molecule has 0 fully saturated rings. The van der Waals surface area contributed by atoms with Gasteiger partial charge in [0.2, 0.25) is 5.91 Å². The number of ether oxygens (including phenoxy) is 1. The van der Waals surface area contributed by atoms with Crippen LogP contribution in [0.4, 0.5) is 0 Å². The number of aliphatic hydroxyl groups excluding tert-OH is 1. The molecule has 0 saturated heterocycles. The fourth-order valence-electron chi connectivity index (χ4n) is 6.09. The summed E-state index contributed by atoms with van der Waals surface area (Å²) < 4.78 is 26.7. The first-order valence-corrected chi connectivity index (χ1v) is 22.5. The standard InChI is InChI=1S/C40H80NO8P/c1-3-5-7-9-11-12-13-14-15-16-17-18-19-20-21-22-23-24-25-27-28-30-32-39(43)41-34-35-48-50(45,46)49-37-38(42)36-47-40(44)33-31-29-26-10-8-6-4-2/h38,42H,3-37H2,1-2H3,(H,41,43)(H,45,46). The Balaban J connectivity index is 3.48. The van der Waals surface area contributed by atoms with Crippen molar-refractivity contribution >= 4 is 19.7 Å². The second-order valence-electron chi connectivity index (χ2n) is 14.3. The summed E-state index contributed by atoms with van der Waals surface area (Å²) in [5, 5.41) is 12.6. The highest BCUT2D eigenvalue weighted by molar-refractivity contribution is 7.47. The number of aliphatic hydroxyl groups is 1. The number of phosphoric acid groups is 1. The summed E-state index contributed by atoms with van der Waals surface area (Å²) in [6.07, 6.45) is 36.4. The van der Waals surface area contributed by atoms with Crippen molar-refractivity contribution in [1.29, 1.82) is 0 Å². The third-order valence-electron chi connectivity index (χ3n) is 9.29. The van der Waals surface area contributed by atoms with Crippen LogP contribution in [0.3, 0.4) is 0 Å². The van der Waals surface area contributed by atoms with Gasteiger partial charge in [0.05, 0.1) is 13.2 Å². The summed E-state index contributed by atoms with van der Waals surface area (Å²) in [4.78, 5) is 33.7. The van der Waals surface area contributed by atoms with Gasteiger partial charge in [0.15, 0.2) is 0 Å². The topological polar surface area (TPSA) is 131 Å². The minimum absolute atomic E-state index is 0.0881. The van der Waals surface area contributed by atoms with Crippen molar-refractivity contribution in [2.24, 2.45) is 0 Å². The number of phosphoric ester groups is 1. The van der Waals surface area contributed by atoms with Crippen molar-refractivity contribution in [3.05, 3.63) is 0 Å². The van der Waals surface area contributed by atoms with Crippen molar-refractivity contribution < 1.29 is 37.9 Å². The van der Waals surface area contributed by atoms with Crippen LogP contribution >= 0.6 is 7.82 Å². The van der Waals surface area contributed by atoms with E-state index in [1.165, 1.54) is 148 Å². The SMILES string of the molecule is CCCCCCCCCCCCCCCCCCCCCCCCC(=O)NCCOP(=O)(O)OCC(O)COC(=O)CCCCCCCCC. The highest BCUT2D eigenvalue weighted by atomic mass is 31.2. The van der Waals surface area contributed by atoms with Gasteiger partial charge in [0.1, 0.15) is 12.7 Å².